The van der Waals surface area contributed by atoms with Crippen LogP contribution in [0.2, 0.25) is 0 Å². The minimum Gasteiger partial charge on any atom is -0.388 e. The number of aryl methyl sites for hydroxylation is 2. The van der Waals surface area contributed by atoms with E-state index in [4.69, 9.17) is 0 Å². The van der Waals surface area contributed by atoms with Gasteiger partial charge in [0.1, 0.15) is 0 Å². The van der Waals surface area contributed by atoms with Gasteiger partial charge in [-0.15, -0.1) is 0 Å². The van der Waals surface area contributed by atoms with E-state index >= 15 is 0 Å². The number of pyridine rings is 1. The lowest BCUT2D eigenvalue weighted by Gasteiger charge is -2.38. The summed E-state index contributed by atoms with van der Waals surface area (Å²) in [4.78, 5) is 27.9. The largest absolute Gasteiger partial charge is 0.388 e. The van der Waals surface area contributed by atoms with E-state index in [0.717, 1.165) is 33.4 Å². The zero-order valence-corrected chi connectivity index (χ0v) is 21.8. The summed E-state index contributed by atoms with van der Waals surface area (Å²) < 4.78 is 1.64. The molecular formula is C33H34N2O3. The third kappa shape index (κ3) is 5.95. The second-order valence-corrected chi connectivity index (χ2v) is 10.4. The van der Waals surface area contributed by atoms with Crippen molar-refractivity contribution in [3.8, 4) is 22.3 Å². The molecule has 2 heterocycles. The Morgan fingerprint density at radius 1 is 0.842 bits per heavy atom. The molecule has 4 aromatic rings. The third-order valence-electron chi connectivity index (χ3n) is 7.52. The number of hydrogen-bond acceptors (Lipinski definition) is 3. The van der Waals surface area contributed by atoms with Crippen LogP contribution in [0.15, 0.2) is 102 Å². The Bertz CT molecular complexity index is 1450. The molecule has 3 aromatic carbocycles. The van der Waals surface area contributed by atoms with Crippen LogP contribution in [-0.2, 0) is 17.8 Å². The lowest BCUT2D eigenvalue weighted by molar-refractivity contribution is -0.135. The van der Waals surface area contributed by atoms with Crippen LogP contribution >= 0.6 is 0 Å². The lowest BCUT2D eigenvalue weighted by Crippen LogP contribution is -2.49. The minimum atomic E-state index is -1.04. The highest BCUT2D eigenvalue weighted by atomic mass is 16.3. The van der Waals surface area contributed by atoms with Crippen molar-refractivity contribution >= 4 is 5.91 Å². The van der Waals surface area contributed by atoms with Crippen molar-refractivity contribution in [3.05, 3.63) is 119 Å². The van der Waals surface area contributed by atoms with Crippen LogP contribution in [0.25, 0.3) is 22.3 Å². The van der Waals surface area contributed by atoms with Crippen molar-refractivity contribution in [2.24, 2.45) is 0 Å². The summed E-state index contributed by atoms with van der Waals surface area (Å²) in [5.41, 5.74) is 4.95. The van der Waals surface area contributed by atoms with E-state index in [0.29, 0.717) is 38.8 Å². The Morgan fingerprint density at radius 2 is 1.50 bits per heavy atom. The van der Waals surface area contributed by atoms with Gasteiger partial charge in [0.15, 0.2) is 0 Å². The molecule has 1 aromatic heterocycles. The van der Waals surface area contributed by atoms with Gasteiger partial charge in [-0.2, -0.15) is 0 Å². The summed E-state index contributed by atoms with van der Waals surface area (Å²) in [7, 11) is 0. The topological polar surface area (TPSA) is 62.5 Å². The van der Waals surface area contributed by atoms with Crippen molar-refractivity contribution in [1.82, 2.24) is 9.47 Å². The molecule has 1 aliphatic rings. The monoisotopic (exact) mass is 506 g/mol. The van der Waals surface area contributed by atoms with Crippen LogP contribution in [0.3, 0.4) is 0 Å². The number of benzene rings is 3. The summed E-state index contributed by atoms with van der Waals surface area (Å²) >= 11 is 0. The highest BCUT2D eigenvalue weighted by Crippen LogP contribution is 2.32. The first kappa shape index (κ1) is 25.7. The molecule has 5 rings (SSSR count). The quantitative estimate of drug-likeness (QED) is 0.361. The van der Waals surface area contributed by atoms with Crippen LogP contribution in [0.1, 0.15) is 30.4 Å². The normalized spacial score (nSPS) is 14.8. The van der Waals surface area contributed by atoms with Gasteiger partial charge in [0.2, 0.25) is 5.91 Å². The molecule has 1 fully saturated rings. The Morgan fingerprint density at radius 3 is 2.18 bits per heavy atom. The van der Waals surface area contributed by atoms with Crippen molar-refractivity contribution in [2.45, 2.75) is 44.8 Å². The van der Waals surface area contributed by atoms with Gasteiger partial charge in [-0.05, 0) is 48.4 Å². The number of aliphatic hydroxyl groups is 1. The molecule has 0 spiro atoms. The summed E-state index contributed by atoms with van der Waals surface area (Å²) in [6, 6.07) is 29.9. The molecule has 0 radical (unpaired) electrons. The Hall–Kier alpha value is -3.96. The first-order chi connectivity index (χ1) is 18.4. The van der Waals surface area contributed by atoms with E-state index in [9.17, 15) is 14.7 Å². The summed E-state index contributed by atoms with van der Waals surface area (Å²) in [6.07, 6.45) is 3.94. The first-order valence-corrected chi connectivity index (χ1v) is 13.3. The van der Waals surface area contributed by atoms with Crippen molar-refractivity contribution in [1.29, 1.82) is 0 Å². The number of likely N-dealkylation sites (tertiary alicyclic amines) is 1. The van der Waals surface area contributed by atoms with Crippen LogP contribution in [0.5, 0.6) is 0 Å². The number of carbonyl (C=O) groups excluding carboxylic acids is 1. The fourth-order valence-electron chi connectivity index (χ4n) is 5.30. The smallest absolute Gasteiger partial charge is 0.251 e. The predicted octanol–water partition coefficient (Wildman–Crippen LogP) is 5.48. The standard InChI is InChI=1S/C33H34N2O3/c1-25-9-8-14-28(21-25)30-23-35(32(37)22-29(30)27-12-6-3-7-13-27)24-33(38)17-19-34(20-18-33)31(36)16-15-26-10-4-2-5-11-26/h2-14,21-23,38H,15-20,24H2,1H3. The van der Waals surface area contributed by atoms with E-state index in [1.807, 2.05) is 77.8 Å². The molecule has 0 unspecified atom stereocenters. The average molecular weight is 507 g/mol. The summed E-state index contributed by atoms with van der Waals surface area (Å²) in [6.45, 7) is 3.24. The lowest BCUT2D eigenvalue weighted by atomic mass is 9.90. The van der Waals surface area contributed by atoms with Gasteiger partial charge in [0.25, 0.3) is 5.56 Å². The number of carbonyl (C=O) groups is 1. The van der Waals surface area contributed by atoms with E-state index < -0.39 is 5.60 Å². The second kappa shape index (κ2) is 11.2. The fourth-order valence-corrected chi connectivity index (χ4v) is 5.30. The third-order valence-corrected chi connectivity index (χ3v) is 7.52. The number of aromatic nitrogens is 1. The molecule has 5 nitrogen and oxygen atoms in total. The van der Waals surface area contributed by atoms with E-state index in [1.165, 1.54) is 0 Å². The van der Waals surface area contributed by atoms with Gasteiger partial charge in [-0.1, -0.05) is 90.5 Å². The van der Waals surface area contributed by atoms with Gasteiger partial charge >= 0.3 is 0 Å². The molecule has 1 amide bonds. The van der Waals surface area contributed by atoms with Crippen LogP contribution in [-0.4, -0.2) is 39.2 Å². The highest BCUT2D eigenvalue weighted by molar-refractivity contribution is 5.83. The molecule has 1 N–H and O–H groups in total. The molecule has 1 aliphatic heterocycles. The number of hydrogen-bond donors (Lipinski definition) is 1. The SMILES string of the molecule is Cc1cccc(-c2cn(CC3(O)CCN(C(=O)CCc4ccccc4)CC3)c(=O)cc2-c2ccccc2)c1. The summed E-state index contributed by atoms with van der Waals surface area (Å²) in [5.74, 6) is 0.113. The predicted molar refractivity (Wildman–Crippen MR) is 152 cm³/mol. The van der Waals surface area contributed by atoms with Crippen LogP contribution < -0.4 is 5.56 Å². The van der Waals surface area contributed by atoms with Gasteiger partial charge in [0.05, 0.1) is 12.1 Å². The zero-order valence-electron chi connectivity index (χ0n) is 21.8. The maximum absolute atomic E-state index is 13.3. The Kier molecular flexibility index (Phi) is 7.57. The number of amides is 1. The second-order valence-electron chi connectivity index (χ2n) is 10.4. The highest BCUT2D eigenvalue weighted by Gasteiger charge is 2.34. The Labute approximate surface area is 224 Å². The van der Waals surface area contributed by atoms with E-state index in [2.05, 4.69) is 25.1 Å². The summed E-state index contributed by atoms with van der Waals surface area (Å²) in [5, 5.41) is 11.5. The maximum atomic E-state index is 13.3. The molecule has 0 aliphatic carbocycles. The van der Waals surface area contributed by atoms with Crippen LogP contribution in [0.4, 0.5) is 0 Å². The molecule has 0 saturated carbocycles. The number of nitrogens with zero attached hydrogens (tertiary/aromatic N) is 2. The van der Waals surface area contributed by atoms with Gasteiger partial charge < -0.3 is 14.6 Å². The molecule has 0 bridgehead atoms. The molecule has 1 saturated heterocycles. The number of rotatable bonds is 7. The van der Waals surface area contributed by atoms with E-state index in [-0.39, 0.29) is 18.0 Å². The average Bonchev–Trinajstić information content (AvgIpc) is 2.94. The maximum Gasteiger partial charge on any atom is 0.251 e. The molecular weight excluding hydrogens is 472 g/mol. The fraction of sp³-hybridized carbons (Fsp3) is 0.273. The van der Waals surface area contributed by atoms with Gasteiger partial charge in [0, 0.05) is 37.3 Å². The van der Waals surface area contributed by atoms with Gasteiger partial charge in [-0.3, -0.25) is 9.59 Å². The zero-order chi connectivity index (χ0) is 26.5. The number of piperidine rings is 1. The molecule has 38 heavy (non-hydrogen) atoms. The Balaban J connectivity index is 1.33. The molecule has 194 valence electrons. The van der Waals surface area contributed by atoms with Crippen LogP contribution in [0, 0.1) is 6.92 Å². The molecule has 5 heteroatoms. The molecule has 0 atom stereocenters. The van der Waals surface area contributed by atoms with Crippen molar-refractivity contribution < 1.29 is 9.90 Å². The first-order valence-electron chi connectivity index (χ1n) is 13.3. The minimum absolute atomic E-state index is 0.113. The van der Waals surface area contributed by atoms with Crippen molar-refractivity contribution in [3.63, 3.8) is 0 Å². The van der Waals surface area contributed by atoms with Gasteiger partial charge in [-0.25, -0.2) is 0 Å². The van der Waals surface area contributed by atoms with Crippen molar-refractivity contribution in [2.75, 3.05) is 13.1 Å². The van der Waals surface area contributed by atoms with E-state index in [1.54, 1.807) is 10.6 Å².